The second-order valence-corrected chi connectivity index (χ2v) is 12.9. The maximum absolute atomic E-state index is 14.0. The van der Waals surface area contributed by atoms with Gasteiger partial charge in [-0.2, -0.15) is 0 Å². The molecule has 1 amide bonds. The van der Waals surface area contributed by atoms with Crippen molar-refractivity contribution in [2.75, 3.05) is 20.2 Å². The van der Waals surface area contributed by atoms with E-state index in [0.29, 0.717) is 30.1 Å². The quantitative estimate of drug-likeness (QED) is 0.450. The molecule has 3 rings (SSSR count). The fourth-order valence-corrected chi connectivity index (χ4v) is 5.60. The minimum absolute atomic E-state index is 0.00161. The smallest absolute Gasteiger partial charge is 0.410 e. The van der Waals surface area contributed by atoms with Gasteiger partial charge in [0.25, 0.3) is 0 Å². The summed E-state index contributed by atoms with van der Waals surface area (Å²) in [5, 5.41) is 0. The molecule has 2 unspecified atom stereocenters. The van der Waals surface area contributed by atoms with E-state index in [0.717, 1.165) is 18.4 Å². The van der Waals surface area contributed by atoms with Gasteiger partial charge in [-0.3, -0.25) is 0 Å². The van der Waals surface area contributed by atoms with Gasteiger partial charge >= 0.3 is 12.1 Å². The number of hydrogen-bond donors (Lipinski definition) is 0. The van der Waals surface area contributed by atoms with Crippen molar-refractivity contribution in [3.8, 4) is 0 Å². The van der Waals surface area contributed by atoms with Crippen molar-refractivity contribution in [2.24, 2.45) is 0 Å². The van der Waals surface area contributed by atoms with Crippen LogP contribution in [0.4, 0.5) is 4.79 Å². The van der Waals surface area contributed by atoms with Crippen molar-refractivity contribution in [2.45, 2.75) is 82.9 Å². The van der Waals surface area contributed by atoms with E-state index in [9.17, 15) is 13.8 Å². The summed E-state index contributed by atoms with van der Waals surface area (Å²) in [6.45, 7) is 13.5. The van der Waals surface area contributed by atoms with Crippen LogP contribution in [0.1, 0.15) is 75.9 Å². The van der Waals surface area contributed by atoms with Crippen LogP contribution in [0.25, 0.3) is 0 Å². The number of carbonyl (C=O) groups is 2. The molecule has 0 N–H and O–H groups in total. The SMILES string of the molecule is COC(=O)c1ccc(CN(C2CCCN(C(=O)OC(C)(C)C)C2)S(=O)c2ccc(C(C)(C)C)cc2)cc1. The van der Waals surface area contributed by atoms with Crippen molar-refractivity contribution < 1.29 is 23.3 Å². The second kappa shape index (κ2) is 11.8. The van der Waals surface area contributed by atoms with Gasteiger partial charge in [0.1, 0.15) is 16.6 Å². The van der Waals surface area contributed by atoms with Crippen LogP contribution in [0, 0.1) is 0 Å². The Morgan fingerprint density at radius 3 is 2.16 bits per heavy atom. The summed E-state index contributed by atoms with van der Waals surface area (Å²) < 4.78 is 26.3. The van der Waals surface area contributed by atoms with Gasteiger partial charge < -0.3 is 14.4 Å². The van der Waals surface area contributed by atoms with Gasteiger partial charge in [-0.25, -0.2) is 18.1 Å². The third-order valence-electron chi connectivity index (χ3n) is 6.30. The number of carbonyl (C=O) groups excluding carboxylic acids is 2. The summed E-state index contributed by atoms with van der Waals surface area (Å²) in [7, 11) is -0.102. The molecule has 1 aliphatic heterocycles. The Morgan fingerprint density at radius 1 is 1.00 bits per heavy atom. The topological polar surface area (TPSA) is 76.2 Å². The number of likely N-dealkylation sites (tertiary alicyclic amines) is 1. The largest absolute Gasteiger partial charge is 0.465 e. The third-order valence-corrected chi connectivity index (χ3v) is 7.83. The van der Waals surface area contributed by atoms with E-state index in [2.05, 4.69) is 20.8 Å². The first kappa shape index (κ1) is 28.9. The van der Waals surface area contributed by atoms with E-state index in [4.69, 9.17) is 9.47 Å². The number of amides is 1. The van der Waals surface area contributed by atoms with Crippen molar-refractivity contribution >= 4 is 23.0 Å². The fourth-order valence-electron chi connectivity index (χ4n) is 4.26. The normalized spacial score (nSPS) is 17.4. The van der Waals surface area contributed by atoms with Crippen LogP contribution in [0.15, 0.2) is 53.4 Å². The number of nitrogens with zero attached hydrogens (tertiary/aromatic N) is 2. The standard InChI is InChI=1S/C29H40N2O5S/c1-28(2,3)23-14-16-25(17-15-23)37(34)31(19-21-10-12-22(13-11-21)26(32)35-7)24-9-8-18-30(20-24)27(33)36-29(4,5)6/h10-17,24H,8-9,18-20H2,1-7H3. The molecule has 0 aliphatic carbocycles. The van der Waals surface area contributed by atoms with E-state index >= 15 is 0 Å². The highest BCUT2D eigenvalue weighted by Gasteiger charge is 2.33. The highest BCUT2D eigenvalue weighted by molar-refractivity contribution is 7.82. The lowest BCUT2D eigenvalue weighted by atomic mass is 9.87. The zero-order valence-corrected chi connectivity index (χ0v) is 23.9. The Hall–Kier alpha value is -2.71. The molecule has 0 radical (unpaired) electrons. The second-order valence-electron chi connectivity index (χ2n) is 11.5. The van der Waals surface area contributed by atoms with Crippen molar-refractivity contribution in [1.82, 2.24) is 9.21 Å². The molecule has 1 aliphatic rings. The van der Waals surface area contributed by atoms with Crippen LogP contribution in [0.3, 0.4) is 0 Å². The number of benzene rings is 2. The summed E-state index contributed by atoms with van der Waals surface area (Å²) in [6.07, 6.45) is 1.26. The first-order valence-corrected chi connectivity index (χ1v) is 13.8. The van der Waals surface area contributed by atoms with Crippen LogP contribution < -0.4 is 0 Å². The molecule has 0 bridgehead atoms. The summed E-state index contributed by atoms with van der Waals surface area (Å²) in [5.41, 5.74) is 1.97. The lowest BCUT2D eigenvalue weighted by molar-refractivity contribution is 0.0154. The Balaban J connectivity index is 1.88. The zero-order chi connectivity index (χ0) is 27.4. The van der Waals surface area contributed by atoms with Crippen LogP contribution >= 0.6 is 0 Å². The van der Waals surface area contributed by atoms with Crippen molar-refractivity contribution in [3.63, 3.8) is 0 Å². The zero-order valence-electron chi connectivity index (χ0n) is 23.1. The average Bonchev–Trinajstić information content (AvgIpc) is 2.85. The number of rotatable bonds is 6. The molecular weight excluding hydrogens is 488 g/mol. The predicted molar refractivity (Wildman–Crippen MR) is 146 cm³/mol. The van der Waals surface area contributed by atoms with Gasteiger partial charge in [-0.1, -0.05) is 45.0 Å². The molecule has 1 saturated heterocycles. The first-order valence-electron chi connectivity index (χ1n) is 12.7. The lowest BCUT2D eigenvalue weighted by Gasteiger charge is -2.39. The lowest BCUT2D eigenvalue weighted by Crippen LogP contribution is -2.51. The van der Waals surface area contributed by atoms with Crippen molar-refractivity contribution in [1.29, 1.82) is 0 Å². The molecule has 2 atom stereocenters. The molecule has 0 spiro atoms. The molecule has 1 fully saturated rings. The van der Waals surface area contributed by atoms with Crippen LogP contribution in [0.2, 0.25) is 0 Å². The number of ether oxygens (including phenoxy) is 2. The summed E-state index contributed by atoms with van der Waals surface area (Å²) in [5.74, 6) is -0.397. The molecular formula is C29H40N2O5S. The average molecular weight is 529 g/mol. The Kier molecular flexibility index (Phi) is 9.18. The minimum atomic E-state index is -1.45. The maximum atomic E-state index is 14.0. The van der Waals surface area contributed by atoms with E-state index in [1.54, 1.807) is 17.0 Å². The molecule has 0 saturated carbocycles. The van der Waals surface area contributed by atoms with Gasteiger partial charge in [0.15, 0.2) is 0 Å². The highest BCUT2D eigenvalue weighted by Crippen LogP contribution is 2.27. The summed E-state index contributed by atoms with van der Waals surface area (Å²) >= 11 is 0. The number of piperidine rings is 1. The number of hydrogen-bond acceptors (Lipinski definition) is 5. The molecule has 2 aromatic carbocycles. The molecule has 0 aromatic heterocycles. The van der Waals surface area contributed by atoms with Crippen molar-refractivity contribution in [3.05, 3.63) is 65.2 Å². The monoisotopic (exact) mass is 528 g/mol. The maximum Gasteiger partial charge on any atom is 0.410 e. The van der Waals surface area contributed by atoms with E-state index in [1.165, 1.54) is 12.7 Å². The Labute approximate surface area is 223 Å². The third kappa shape index (κ3) is 7.89. The minimum Gasteiger partial charge on any atom is -0.465 e. The molecule has 8 heteroatoms. The van der Waals surface area contributed by atoms with Crippen LogP contribution in [0.5, 0.6) is 0 Å². The highest BCUT2D eigenvalue weighted by atomic mass is 32.2. The molecule has 2 aromatic rings. The van der Waals surface area contributed by atoms with Gasteiger partial charge in [-0.05, 0) is 74.4 Å². The first-order chi connectivity index (χ1) is 17.3. The van der Waals surface area contributed by atoms with E-state index in [-0.39, 0.29) is 17.6 Å². The Morgan fingerprint density at radius 2 is 1.62 bits per heavy atom. The number of methoxy groups -OCH3 is 1. The molecule has 202 valence electrons. The fraction of sp³-hybridized carbons (Fsp3) is 0.517. The van der Waals surface area contributed by atoms with Crippen LogP contribution in [-0.2, 0) is 32.4 Å². The molecule has 1 heterocycles. The van der Waals surface area contributed by atoms with E-state index < -0.39 is 22.6 Å². The molecule has 37 heavy (non-hydrogen) atoms. The van der Waals surface area contributed by atoms with Gasteiger partial charge in [0.2, 0.25) is 0 Å². The van der Waals surface area contributed by atoms with Gasteiger partial charge in [-0.15, -0.1) is 0 Å². The van der Waals surface area contributed by atoms with E-state index in [1.807, 2.05) is 61.5 Å². The number of esters is 1. The summed E-state index contributed by atoms with van der Waals surface area (Å²) in [6, 6.07) is 14.9. The van der Waals surface area contributed by atoms with Gasteiger partial charge in [0, 0.05) is 25.7 Å². The molecule has 7 nitrogen and oxygen atoms in total. The predicted octanol–water partition coefficient (Wildman–Crippen LogP) is 5.70. The van der Waals surface area contributed by atoms with Gasteiger partial charge in [0.05, 0.1) is 17.6 Å². The summed E-state index contributed by atoms with van der Waals surface area (Å²) in [4.78, 5) is 27.1. The Bertz CT molecular complexity index is 1100. The van der Waals surface area contributed by atoms with Crippen LogP contribution in [-0.4, -0.2) is 57.3 Å².